The Hall–Kier alpha value is -2.39. The van der Waals surface area contributed by atoms with Crippen molar-refractivity contribution >= 4 is 12.0 Å². The van der Waals surface area contributed by atoms with Gasteiger partial charge in [-0.2, -0.15) is 0 Å². The SMILES string of the molecule is CC(C)C(=O)O[C@H](C(C)C)[C@H](/C=C/c1ccccc1)[C@H](O)c1ccccc1. The van der Waals surface area contributed by atoms with Crippen LogP contribution in [-0.4, -0.2) is 17.2 Å². The maximum absolute atomic E-state index is 12.3. The van der Waals surface area contributed by atoms with Crippen molar-refractivity contribution in [3.05, 3.63) is 77.9 Å². The fourth-order valence-electron chi connectivity index (χ4n) is 2.98. The molecule has 0 aliphatic carbocycles. The van der Waals surface area contributed by atoms with E-state index in [0.717, 1.165) is 11.1 Å². The largest absolute Gasteiger partial charge is 0.461 e. The van der Waals surface area contributed by atoms with Gasteiger partial charge in [0.25, 0.3) is 0 Å². The Labute approximate surface area is 162 Å². The van der Waals surface area contributed by atoms with Gasteiger partial charge in [0.15, 0.2) is 0 Å². The Bertz CT molecular complexity index is 720. The molecule has 27 heavy (non-hydrogen) atoms. The highest BCUT2D eigenvalue weighted by Crippen LogP contribution is 2.32. The van der Waals surface area contributed by atoms with Crippen LogP contribution in [0.3, 0.4) is 0 Å². The summed E-state index contributed by atoms with van der Waals surface area (Å²) in [5.74, 6) is -0.738. The van der Waals surface area contributed by atoms with Crippen LogP contribution in [0.4, 0.5) is 0 Å². The average Bonchev–Trinajstić information content (AvgIpc) is 2.68. The van der Waals surface area contributed by atoms with E-state index in [9.17, 15) is 9.90 Å². The summed E-state index contributed by atoms with van der Waals surface area (Å²) in [5, 5.41) is 11.1. The molecule has 3 heteroatoms. The number of hydrogen-bond donors (Lipinski definition) is 1. The molecule has 0 unspecified atom stereocenters. The Morgan fingerprint density at radius 2 is 1.48 bits per heavy atom. The van der Waals surface area contributed by atoms with E-state index in [1.54, 1.807) is 0 Å². The van der Waals surface area contributed by atoms with Crippen molar-refractivity contribution in [3.63, 3.8) is 0 Å². The molecule has 144 valence electrons. The number of carbonyl (C=O) groups is 1. The van der Waals surface area contributed by atoms with Crippen LogP contribution in [0.15, 0.2) is 66.7 Å². The first-order valence-electron chi connectivity index (χ1n) is 9.57. The minimum atomic E-state index is -0.765. The summed E-state index contributed by atoms with van der Waals surface area (Å²) < 4.78 is 5.82. The van der Waals surface area contributed by atoms with Crippen LogP contribution < -0.4 is 0 Å². The van der Waals surface area contributed by atoms with E-state index < -0.39 is 12.2 Å². The second-order valence-electron chi connectivity index (χ2n) is 7.50. The Morgan fingerprint density at radius 3 is 2.00 bits per heavy atom. The monoisotopic (exact) mass is 366 g/mol. The van der Waals surface area contributed by atoms with Crippen LogP contribution in [0.1, 0.15) is 44.9 Å². The van der Waals surface area contributed by atoms with Crippen LogP contribution in [0, 0.1) is 17.8 Å². The van der Waals surface area contributed by atoms with Gasteiger partial charge in [0, 0.05) is 5.92 Å². The van der Waals surface area contributed by atoms with Crippen molar-refractivity contribution in [2.24, 2.45) is 17.8 Å². The third kappa shape index (κ3) is 6.07. The molecule has 0 aliphatic rings. The molecule has 2 aromatic rings. The second kappa shape index (κ2) is 10.1. The smallest absolute Gasteiger partial charge is 0.308 e. The van der Waals surface area contributed by atoms with Crippen molar-refractivity contribution in [3.8, 4) is 0 Å². The minimum absolute atomic E-state index is 0.0662. The third-order valence-electron chi connectivity index (χ3n) is 4.58. The van der Waals surface area contributed by atoms with Crippen LogP contribution in [0.25, 0.3) is 6.08 Å². The quantitative estimate of drug-likeness (QED) is 0.647. The maximum Gasteiger partial charge on any atom is 0.308 e. The van der Waals surface area contributed by atoms with Gasteiger partial charge < -0.3 is 9.84 Å². The molecule has 0 fully saturated rings. The number of esters is 1. The van der Waals surface area contributed by atoms with E-state index in [1.807, 2.05) is 101 Å². The number of aliphatic hydroxyl groups is 1. The highest BCUT2D eigenvalue weighted by Gasteiger charge is 2.33. The Balaban J connectivity index is 2.36. The lowest BCUT2D eigenvalue weighted by Crippen LogP contribution is -2.35. The molecular weight excluding hydrogens is 336 g/mol. The van der Waals surface area contributed by atoms with E-state index in [2.05, 4.69) is 0 Å². The molecule has 0 radical (unpaired) electrons. The number of benzene rings is 2. The van der Waals surface area contributed by atoms with Gasteiger partial charge in [0.05, 0.1) is 12.0 Å². The fourth-order valence-corrected chi connectivity index (χ4v) is 2.98. The van der Waals surface area contributed by atoms with Gasteiger partial charge in [0.2, 0.25) is 0 Å². The van der Waals surface area contributed by atoms with E-state index in [1.165, 1.54) is 0 Å². The zero-order valence-corrected chi connectivity index (χ0v) is 16.6. The summed E-state index contributed by atoms with van der Waals surface area (Å²) in [6.45, 7) is 7.67. The van der Waals surface area contributed by atoms with Crippen LogP contribution in [0.2, 0.25) is 0 Å². The average molecular weight is 367 g/mol. The topological polar surface area (TPSA) is 46.5 Å². The first-order chi connectivity index (χ1) is 12.9. The van der Waals surface area contributed by atoms with Crippen molar-refractivity contribution < 1.29 is 14.6 Å². The lowest BCUT2D eigenvalue weighted by Gasteiger charge is -2.32. The van der Waals surface area contributed by atoms with E-state index in [-0.39, 0.29) is 23.7 Å². The van der Waals surface area contributed by atoms with Gasteiger partial charge in [-0.15, -0.1) is 0 Å². The summed E-state index contributed by atoms with van der Waals surface area (Å²) in [6, 6.07) is 19.5. The standard InChI is InChI=1S/C24H30O3/c1-17(2)23(27-24(26)18(3)4)21(16-15-19-11-7-5-8-12-19)22(25)20-13-9-6-10-14-20/h5-18,21-23,25H,1-4H3/b16-15+/t21-,22-,23-/m1/s1. The van der Waals surface area contributed by atoms with Gasteiger partial charge in [-0.3, -0.25) is 4.79 Å². The van der Waals surface area contributed by atoms with Crippen molar-refractivity contribution in [2.75, 3.05) is 0 Å². The summed E-state index contributed by atoms with van der Waals surface area (Å²) in [5.41, 5.74) is 1.85. The van der Waals surface area contributed by atoms with Crippen molar-refractivity contribution in [1.29, 1.82) is 0 Å². The van der Waals surface area contributed by atoms with E-state index in [0.29, 0.717) is 0 Å². The van der Waals surface area contributed by atoms with Gasteiger partial charge in [-0.1, -0.05) is 101 Å². The molecule has 2 aromatic carbocycles. The summed E-state index contributed by atoms with van der Waals surface area (Å²) in [7, 11) is 0. The van der Waals surface area contributed by atoms with E-state index >= 15 is 0 Å². The molecule has 3 nitrogen and oxygen atoms in total. The van der Waals surface area contributed by atoms with Gasteiger partial charge in [-0.05, 0) is 17.0 Å². The number of ether oxygens (including phenoxy) is 1. The zero-order valence-electron chi connectivity index (χ0n) is 16.6. The first kappa shape index (κ1) is 20.9. The second-order valence-corrected chi connectivity index (χ2v) is 7.50. The molecule has 0 heterocycles. The zero-order chi connectivity index (χ0) is 19.8. The summed E-state index contributed by atoms with van der Waals surface area (Å²) in [4.78, 5) is 12.3. The third-order valence-corrected chi connectivity index (χ3v) is 4.58. The molecule has 0 saturated carbocycles. The minimum Gasteiger partial charge on any atom is -0.461 e. The van der Waals surface area contributed by atoms with Crippen LogP contribution in [-0.2, 0) is 9.53 Å². The van der Waals surface area contributed by atoms with Gasteiger partial charge in [-0.25, -0.2) is 0 Å². The molecule has 0 aromatic heterocycles. The van der Waals surface area contributed by atoms with Crippen LogP contribution >= 0.6 is 0 Å². The summed E-state index contributed by atoms with van der Waals surface area (Å²) >= 11 is 0. The van der Waals surface area contributed by atoms with E-state index in [4.69, 9.17) is 4.74 Å². The molecule has 0 saturated heterocycles. The maximum atomic E-state index is 12.3. The number of aliphatic hydroxyl groups excluding tert-OH is 1. The Morgan fingerprint density at radius 1 is 0.926 bits per heavy atom. The van der Waals surface area contributed by atoms with Gasteiger partial charge >= 0.3 is 5.97 Å². The first-order valence-corrected chi connectivity index (χ1v) is 9.57. The molecule has 3 atom stereocenters. The Kier molecular flexibility index (Phi) is 7.81. The molecule has 0 aliphatic heterocycles. The normalized spacial score (nSPS) is 15.1. The van der Waals surface area contributed by atoms with Crippen LogP contribution in [0.5, 0.6) is 0 Å². The number of hydrogen-bond acceptors (Lipinski definition) is 3. The number of rotatable bonds is 8. The highest BCUT2D eigenvalue weighted by atomic mass is 16.5. The van der Waals surface area contributed by atoms with Crippen molar-refractivity contribution in [2.45, 2.75) is 39.9 Å². The fraction of sp³-hybridized carbons (Fsp3) is 0.375. The molecular formula is C24H30O3. The van der Waals surface area contributed by atoms with Crippen molar-refractivity contribution in [1.82, 2.24) is 0 Å². The molecule has 2 rings (SSSR count). The molecule has 1 N–H and O–H groups in total. The van der Waals surface area contributed by atoms with Gasteiger partial charge in [0.1, 0.15) is 6.10 Å². The summed E-state index contributed by atoms with van der Waals surface area (Å²) in [6.07, 6.45) is 2.76. The highest BCUT2D eigenvalue weighted by molar-refractivity contribution is 5.71. The molecule has 0 bridgehead atoms. The number of carbonyl (C=O) groups excluding carboxylic acids is 1. The molecule has 0 spiro atoms. The predicted molar refractivity (Wildman–Crippen MR) is 110 cm³/mol. The lowest BCUT2D eigenvalue weighted by atomic mass is 9.84. The predicted octanol–water partition coefficient (Wildman–Crippen LogP) is 5.27. The molecule has 0 amide bonds. The lowest BCUT2D eigenvalue weighted by molar-refractivity contribution is -0.159.